The number of amides is 1. The predicted octanol–water partition coefficient (Wildman–Crippen LogP) is 5.75. The Morgan fingerprint density at radius 2 is 1.76 bits per heavy atom. The first kappa shape index (κ1) is 25.1. The van der Waals surface area contributed by atoms with Crippen molar-refractivity contribution < 1.29 is 22.7 Å². The van der Waals surface area contributed by atoms with E-state index in [1.807, 2.05) is 0 Å². The van der Waals surface area contributed by atoms with Crippen LogP contribution in [-0.2, 0) is 11.3 Å². The Balaban J connectivity index is 1.38. The van der Waals surface area contributed by atoms with Crippen LogP contribution >= 0.6 is 0 Å². The number of benzene rings is 1. The van der Waals surface area contributed by atoms with E-state index in [-0.39, 0.29) is 5.54 Å². The molecule has 0 aliphatic carbocycles. The number of nitrogens with zero attached hydrogens (tertiary/aromatic N) is 3. The second kappa shape index (κ2) is 9.96. The number of hydrogen-bond acceptors (Lipinski definition) is 4. The lowest BCUT2D eigenvalue weighted by molar-refractivity contribution is -0.200. The summed E-state index contributed by atoms with van der Waals surface area (Å²) in [6.07, 6.45) is -1.29. The van der Waals surface area contributed by atoms with E-state index in [1.54, 1.807) is 0 Å². The topological polar surface area (TPSA) is 36.0 Å². The lowest BCUT2D eigenvalue weighted by atomic mass is 9.84. The number of ether oxygens (including phenoxy) is 1. The van der Waals surface area contributed by atoms with E-state index in [0.717, 1.165) is 64.7 Å². The van der Waals surface area contributed by atoms with Crippen LogP contribution in [0.1, 0.15) is 63.5 Å². The Kier molecular flexibility index (Phi) is 7.36. The molecule has 1 spiro atoms. The molecule has 3 aliphatic heterocycles. The van der Waals surface area contributed by atoms with Gasteiger partial charge < -0.3 is 14.5 Å². The second-order valence-electron chi connectivity index (χ2n) is 10.7. The van der Waals surface area contributed by atoms with Gasteiger partial charge in [0.2, 0.25) is 0 Å². The number of carbonyl (C=O) groups excluding carboxylic acids is 1. The third kappa shape index (κ3) is 5.64. The van der Waals surface area contributed by atoms with Crippen LogP contribution in [0, 0.1) is 12.8 Å². The van der Waals surface area contributed by atoms with Gasteiger partial charge >= 0.3 is 12.3 Å². The largest absolute Gasteiger partial charge is 0.437 e. The first-order valence-electron chi connectivity index (χ1n) is 12.7. The molecule has 34 heavy (non-hydrogen) atoms. The minimum Gasteiger partial charge on any atom is -0.437 e. The number of aryl methyl sites for hydroxylation is 1. The van der Waals surface area contributed by atoms with Crippen LogP contribution < -0.4 is 4.90 Å². The van der Waals surface area contributed by atoms with E-state index in [4.69, 9.17) is 0 Å². The van der Waals surface area contributed by atoms with Crippen LogP contribution in [0.5, 0.6) is 0 Å². The zero-order chi connectivity index (χ0) is 24.5. The SMILES string of the molecule is Cc1cc(CN2CCCC23CCN(C(=O)OC(C)C(F)(F)F)CC3)cc(N2CCC(C)CC2)c1. The molecule has 4 rings (SSSR count). The predicted molar refractivity (Wildman–Crippen MR) is 127 cm³/mol. The van der Waals surface area contributed by atoms with Crippen molar-refractivity contribution >= 4 is 11.8 Å². The number of anilines is 1. The second-order valence-corrected chi connectivity index (χ2v) is 10.7. The normalized spacial score (nSPS) is 22.9. The minimum absolute atomic E-state index is 0.0108. The fourth-order valence-electron chi connectivity index (χ4n) is 5.81. The molecule has 0 aromatic heterocycles. The monoisotopic (exact) mass is 481 g/mol. The molecule has 8 heteroatoms. The van der Waals surface area contributed by atoms with Crippen molar-refractivity contribution in [2.24, 2.45) is 5.92 Å². The van der Waals surface area contributed by atoms with Crippen molar-refractivity contribution in [3.8, 4) is 0 Å². The van der Waals surface area contributed by atoms with Crippen LogP contribution in [0.25, 0.3) is 0 Å². The average Bonchev–Trinajstić information content (AvgIpc) is 3.15. The first-order valence-corrected chi connectivity index (χ1v) is 12.7. The quantitative estimate of drug-likeness (QED) is 0.549. The Morgan fingerprint density at radius 1 is 1.09 bits per heavy atom. The molecule has 5 nitrogen and oxygen atoms in total. The average molecular weight is 482 g/mol. The highest BCUT2D eigenvalue weighted by Gasteiger charge is 2.45. The fraction of sp³-hybridized carbons (Fsp3) is 0.731. The Hall–Kier alpha value is -1.96. The van der Waals surface area contributed by atoms with Crippen LogP contribution in [0.15, 0.2) is 18.2 Å². The first-order chi connectivity index (χ1) is 16.1. The van der Waals surface area contributed by atoms with E-state index in [0.29, 0.717) is 13.1 Å². The molecule has 3 aliphatic rings. The van der Waals surface area contributed by atoms with Crippen LogP contribution in [0.3, 0.4) is 0 Å². The van der Waals surface area contributed by atoms with Gasteiger partial charge in [-0.3, -0.25) is 4.90 Å². The molecule has 1 unspecified atom stereocenters. The number of alkyl halides is 3. The summed E-state index contributed by atoms with van der Waals surface area (Å²) in [5.74, 6) is 0.796. The molecule has 1 amide bonds. The summed E-state index contributed by atoms with van der Waals surface area (Å²) < 4.78 is 43.0. The third-order valence-electron chi connectivity index (χ3n) is 8.08. The molecule has 3 saturated heterocycles. The van der Waals surface area contributed by atoms with E-state index in [9.17, 15) is 18.0 Å². The summed E-state index contributed by atoms with van der Waals surface area (Å²) in [6.45, 7) is 10.3. The molecule has 190 valence electrons. The third-order valence-corrected chi connectivity index (χ3v) is 8.08. The van der Waals surface area contributed by atoms with Gasteiger partial charge in [-0.25, -0.2) is 4.79 Å². The highest BCUT2D eigenvalue weighted by Crippen LogP contribution is 2.40. The van der Waals surface area contributed by atoms with E-state index in [2.05, 4.69) is 46.6 Å². The summed E-state index contributed by atoms with van der Waals surface area (Å²) in [7, 11) is 0. The van der Waals surface area contributed by atoms with Crippen molar-refractivity contribution in [3.05, 3.63) is 29.3 Å². The summed E-state index contributed by atoms with van der Waals surface area (Å²) in [5.41, 5.74) is 3.91. The van der Waals surface area contributed by atoms with Crippen LogP contribution in [0.2, 0.25) is 0 Å². The molecule has 1 aromatic rings. The van der Waals surface area contributed by atoms with Gasteiger partial charge in [0.25, 0.3) is 0 Å². The summed E-state index contributed by atoms with van der Waals surface area (Å²) >= 11 is 0. The van der Waals surface area contributed by atoms with E-state index < -0.39 is 18.4 Å². The van der Waals surface area contributed by atoms with Crippen molar-refractivity contribution in [1.82, 2.24) is 9.80 Å². The van der Waals surface area contributed by atoms with Gasteiger partial charge in [0.1, 0.15) is 0 Å². The fourth-order valence-corrected chi connectivity index (χ4v) is 5.81. The van der Waals surface area contributed by atoms with Gasteiger partial charge in [0.05, 0.1) is 0 Å². The number of likely N-dealkylation sites (tertiary alicyclic amines) is 2. The van der Waals surface area contributed by atoms with E-state index in [1.165, 1.54) is 34.6 Å². The number of carbonyl (C=O) groups is 1. The molecule has 0 N–H and O–H groups in total. The Labute approximate surface area is 201 Å². The maximum Gasteiger partial charge on any atom is 0.425 e. The number of hydrogen-bond donors (Lipinski definition) is 0. The van der Waals surface area contributed by atoms with Gasteiger partial charge in [-0.1, -0.05) is 13.0 Å². The van der Waals surface area contributed by atoms with Gasteiger partial charge in [0.15, 0.2) is 6.10 Å². The molecule has 1 aromatic carbocycles. The molecule has 3 heterocycles. The summed E-state index contributed by atoms with van der Waals surface area (Å²) in [6, 6.07) is 6.89. The molecule has 0 bridgehead atoms. The standard InChI is InChI=1S/C26H38F3N3O2/c1-19-5-11-30(12-6-19)23-16-20(2)15-22(17-23)18-32-10-4-7-25(32)8-13-31(14-9-25)24(33)34-21(3)26(27,28)29/h15-17,19,21H,4-14,18H2,1-3H3. The zero-order valence-corrected chi connectivity index (χ0v) is 20.7. The van der Waals surface area contributed by atoms with Crippen molar-refractivity contribution in [2.75, 3.05) is 37.6 Å². The summed E-state index contributed by atoms with van der Waals surface area (Å²) in [5, 5.41) is 0. The minimum atomic E-state index is -4.53. The maximum absolute atomic E-state index is 12.8. The molecule has 0 saturated carbocycles. The molecule has 0 radical (unpaired) electrons. The van der Waals surface area contributed by atoms with Gasteiger partial charge in [-0.05, 0) is 88.1 Å². The summed E-state index contributed by atoms with van der Waals surface area (Å²) in [4.78, 5) is 18.7. The van der Waals surface area contributed by atoms with Gasteiger partial charge in [-0.2, -0.15) is 13.2 Å². The van der Waals surface area contributed by atoms with Crippen LogP contribution in [0.4, 0.5) is 23.7 Å². The maximum atomic E-state index is 12.8. The number of rotatable bonds is 4. The highest BCUT2D eigenvalue weighted by molar-refractivity contribution is 5.68. The molecule has 3 fully saturated rings. The lowest BCUT2D eigenvalue weighted by Gasteiger charge is -2.45. The van der Waals surface area contributed by atoms with Gasteiger partial charge in [0, 0.05) is 44.0 Å². The van der Waals surface area contributed by atoms with Crippen molar-refractivity contribution in [1.29, 1.82) is 0 Å². The highest BCUT2D eigenvalue weighted by atomic mass is 19.4. The number of halogens is 3. The molecule has 1 atom stereocenters. The van der Waals surface area contributed by atoms with Crippen LogP contribution in [-0.4, -0.2) is 66.4 Å². The van der Waals surface area contributed by atoms with E-state index >= 15 is 0 Å². The Bertz CT molecular complexity index is 859. The van der Waals surface area contributed by atoms with Crippen molar-refractivity contribution in [3.63, 3.8) is 0 Å². The lowest BCUT2D eigenvalue weighted by Crippen LogP contribution is -2.53. The zero-order valence-electron chi connectivity index (χ0n) is 20.7. The van der Waals surface area contributed by atoms with Crippen molar-refractivity contribution in [2.45, 2.75) is 83.7 Å². The molecular formula is C26H38F3N3O2. The number of piperidine rings is 2. The smallest absolute Gasteiger partial charge is 0.425 e. The Morgan fingerprint density at radius 3 is 2.41 bits per heavy atom. The van der Waals surface area contributed by atoms with Gasteiger partial charge in [-0.15, -0.1) is 0 Å². The molecular weight excluding hydrogens is 443 g/mol.